The van der Waals surface area contributed by atoms with Crippen molar-refractivity contribution in [3.63, 3.8) is 0 Å². The van der Waals surface area contributed by atoms with Crippen LogP contribution < -0.4 is 14.8 Å². The summed E-state index contributed by atoms with van der Waals surface area (Å²) in [6.45, 7) is 10.4. The molecule has 0 atom stereocenters. The fourth-order valence-corrected chi connectivity index (χ4v) is 1.75. The lowest BCUT2D eigenvalue weighted by molar-refractivity contribution is -0.136. The lowest BCUT2D eigenvalue weighted by atomic mass is 10.2. The first-order valence-electron chi connectivity index (χ1n) is 7.23. The summed E-state index contributed by atoms with van der Waals surface area (Å²) in [5.74, 6) is 0.944. The van der Waals surface area contributed by atoms with Gasteiger partial charge in [0.2, 0.25) is 0 Å². The van der Waals surface area contributed by atoms with Crippen molar-refractivity contribution in [1.82, 2.24) is 0 Å². The average Bonchev–Trinajstić information content (AvgIpc) is 2.48. The first-order valence-corrected chi connectivity index (χ1v) is 7.23. The van der Waals surface area contributed by atoms with E-state index in [0.717, 1.165) is 5.69 Å². The second kappa shape index (κ2) is 9.50. The number of benzene rings is 1. The quantitative estimate of drug-likeness (QED) is 0.430. The lowest BCUT2D eigenvalue weighted by Gasteiger charge is -2.13. The maximum absolute atomic E-state index is 11.5. The molecular formula is C17H23NO4. The van der Waals surface area contributed by atoms with E-state index in [-0.39, 0.29) is 6.61 Å². The zero-order valence-corrected chi connectivity index (χ0v) is 13.3. The van der Waals surface area contributed by atoms with Crippen molar-refractivity contribution in [2.24, 2.45) is 0 Å². The molecule has 0 amide bonds. The van der Waals surface area contributed by atoms with Crippen LogP contribution in [0.4, 0.5) is 5.69 Å². The summed E-state index contributed by atoms with van der Waals surface area (Å²) >= 11 is 0. The average molecular weight is 305 g/mol. The maximum Gasteiger partial charge on any atom is 0.332 e. The number of carbonyl (C=O) groups is 1. The Hall–Kier alpha value is -2.43. The van der Waals surface area contributed by atoms with Gasteiger partial charge >= 0.3 is 5.97 Å². The van der Waals surface area contributed by atoms with Gasteiger partial charge in [-0.1, -0.05) is 12.7 Å². The van der Waals surface area contributed by atoms with Gasteiger partial charge in [0.05, 0.1) is 13.2 Å². The number of esters is 1. The molecule has 1 N–H and O–H groups in total. The molecule has 0 aliphatic carbocycles. The molecule has 5 nitrogen and oxygen atoms in total. The summed E-state index contributed by atoms with van der Waals surface area (Å²) in [6, 6.07) is 5.53. The minimum Gasteiger partial charge on any atom is -0.490 e. The van der Waals surface area contributed by atoms with E-state index < -0.39 is 5.97 Å². The Bertz CT molecular complexity index is 537. The molecule has 0 heterocycles. The summed E-state index contributed by atoms with van der Waals surface area (Å²) in [7, 11) is 0. The van der Waals surface area contributed by atoms with Crippen LogP contribution >= 0.6 is 0 Å². The van der Waals surface area contributed by atoms with Gasteiger partial charge in [0, 0.05) is 23.5 Å². The molecule has 0 bridgehead atoms. The van der Waals surface area contributed by atoms with E-state index in [0.29, 0.717) is 30.4 Å². The van der Waals surface area contributed by atoms with Gasteiger partial charge in [-0.3, -0.25) is 0 Å². The molecule has 22 heavy (non-hydrogen) atoms. The van der Waals surface area contributed by atoms with Gasteiger partial charge in [0.25, 0.3) is 0 Å². The largest absolute Gasteiger partial charge is 0.490 e. The first kappa shape index (κ1) is 17.6. The number of hydrogen-bond donors (Lipinski definition) is 1. The number of anilines is 1. The van der Waals surface area contributed by atoms with Crippen molar-refractivity contribution in [2.45, 2.75) is 20.8 Å². The molecule has 0 radical (unpaired) electrons. The normalized spacial score (nSPS) is 10.8. The van der Waals surface area contributed by atoms with Crippen LogP contribution in [0.5, 0.6) is 11.5 Å². The highest BCUT2D eigenvalue weighted by molar-refractivity contribution is 5.83. The van der Waals surface area contributed by atoms with Crippen molar-refractivity contribution in [3.8, 4) is 11.5 Å². The molecule has 1 aromatic rings. The van der Waals surface area contributed by atoms with Crippen LogP contribution in [0.3, 0.4) is 0 Å². The van der Waals surface area contributed by atoms with Gasteiger partial charge in [-0.15, -0.1) is 0 Å². The van der Waals surface area contributed by atoms with Crippen LogP contribution in [0.1, 0.15) is 20.8 Å². The highest BCUT2D eigenvalue weighted by Gasteiger charge is 2.07. The highest BCUT2D eigenvalue weighted by Crippen LogP contribution is 2.31. The molecule has 0 spiro atoms. The fourth-order valence-electron chi connectivity index (χ4n) is 1.75. The summed E-state index contributed by atoms with van der Waals surface area (Å²) < 4.78 is 16.0. The minimum absolute atomic E-state index is 0.195. The van der Waals surface area contributed by atoms with E-state index in [1.807, 2.05) is 32.0 Å². The van der Waals surface area contributed by atoms with Crippen molar-refractivity contribution in [3.05, 3.63) is 42.6 Å². The van der Waals surface area contributed by atoms with E-state index in [9.17, 15) is 4.79 Å². The minimum atomic E-state index is -0.416. The fraction of sp³-hybridized carbons (Fsp3) is 0.353. The number of nitrogens with one attached hydrogen (secondary N) is 1. The molecule has 0 aliphatic rings. The summed E-state index contributed by atoms with van der Waals surface area (Å²) in [6.07, 6.45) is 2.91. The first-order chi connectivity index (χ1) is 10.6. The van der Waals surface area contributed by atoms with Crippen molar-refractivity contribution in [1.29, 1.82) is 0 Å². The van der Waals surface area contributed by atoms with E-state index in [2.05, 4.69) is 11.9 Å². The predicted molar refractivity (Wildman–Crippen MR) is 87.3 cm³/mol. The second-order valence-electron chi connectivity index (χ2n) is 4.40. The van der Waals surface area contributed by atoms with Crippen molar-refractivity contribution < 1.29 is 19.0 Å². The van der Waals surface area contributed by atoms with Crippen LogP contribution in [-0.2, 0) is 9.53 Å². The summed E-state index contributed by atoms with van der Waals surface area (Å²) in [4.78, 5) is 11.5. The maximum atomic E-state index is 11.5. The molecule has 0 unspecified atom stereocenters. The van der Waals surface area contributed by atoms with Crippen LogP contribution in [-0.4, -0.2) is 25.8 Å². The summed E-state index contributed by atoms with van der Waals surface area (Å²) in [5, 5.41) is 3.12. The predicted octanol–water partition coefficient (Wildman–Crippen LogP) is 3.53. The molecular weight excluding hydrogens is 282 g/mol. The smallest absolute Gasteiger partial charge is 0.332 e. The van der Waals surface area contributed by atoms with Gasteiger partial charge in [-0.25, -0.2) is 4.79 Å². The number of allylic oxidation sites excluding steroid dienone is 1. The Kier molecular flexibility index (Phi) is 7.61. The highest BCUT2D eigenvalue weighted by atomic mass is 16.5. The van der Waals surface area contributed by atoms with Crippen molar-refractivity contribution in [2.75, 3.05) is 25.1 Å². The zero-order chi connectivity index (χ0) is 16.4. The van der Waals surface area contributed by atoms with Crippen LogP contribution in [0.25, 0.3) is 0 Å². The number of ether oxygens (including phenoxy) is 3. The third-order valence-corrected chi connectivity index (χ3v) is 2.56. The molecule has 1 aromatic carbocycles. The van der Waals surface area contributed by atoms with Crippen LogP contribution in [0.15, 0.2) is 42.6 Å². The molecule has 1 rings (SSSR count). The molecule has 5 heteroatoms. The van der Waals surface area contributed by atoms with E-state index in [1.165, 1.54) is 12.2 Å². The lowest BCUT2D eigenvalue weighted by Crippen LogP contribution is -2.05. The molecule has 0 aromatic heterocycles. The zero-order valence-electron chi connectivity index (χ0n) is 13.3. The van der Waals surface area contributed by atoms with Gasteiger partial charge in [0.1, 0.15) is 6.61 Å². The van der Waals surface area contributed by atoms with Gasteiger partial charge < -0.3 is 19.5 Å². The third-order valence-electron chi connectivity index (χ3n) is 2.56. The summed E-state index contributed by atoms with van der Waals surface area (Å²) in [5.41, 5.74) is 1.47. The number of hydrogen-bond acceptors (Lipinski definition) is 5. The topological polar surface area (TPSA) is 56.8 Å². The Labute approximate surface area is 131 Å². The van der Waals surface area contributed by atoms with E-state index in [1.54, 1.807) is 6.92 Å². The van der Waals surface area contributed by atoms with Crippen LogP contribution in [0.2, 0.25) is 0 Å². The van der Waals surface area contributed by atoms with Gasteiger partial charge in [-0.2, -0.15) is 0 Å². The Balaban J connectivity index is 2.79. The monoisotopic (exact) mass is 305 g/mol. The van der Waals surface area contributed by atoms with Gasteiger partial charge in [-0.05, 0) is 32.9 Å². The Morgan fingerprint density at radius 2 is 1.91 bits per heavy atom. The van der Waals surface area contributed by atoms with E-state index >= 15 is 0 Å². The number of carbonyl (C=O) groups excluding carboxylic acids is 1. The third kappa shape index (κ3) is 5.91. The molecule has 120 valence electrons. The SMILES string of the molecule is C=CCOC(=O)C=C(C)Nc1ccc(OCC)c(OCC)c1. The van der Waals surface area contributed by atoms with Gasteiger partial charge in [0.15, 0.2) is 11.5 Å². The Morgan fingerprint density at radius 3 is 2.55 bits per heavy atom. The van der Waals surface area contributed by atoms with Crippen LogP contribution in [0, 0.1) is 0 Å². The van der Waals surface area contributed by atoms with Crippen molar-refractivity contribution >= 4 is 11.7 Å². The second-order valence-corrected chi connectivity index (χ2v) is 4.40. The standard InChI is InChI=1S/C17H23NO4/c1-5-10-22-17(19)11-13(4)18-14-8-9-15(20-6-2)16(12-14)21-7-3/h5,8-9,11-12,18H,1,6-7,10H2,2-4H3. The molecule has 0 fully saturated rings. The number of rotatable bonds is 9. The van der Waals surface area contributed by atoms with E-state index in [4.69, 9.17) is 14.2 Å². The molecule has 0 aliphatic heterocycles. The molecule has 0 saturated carbocycles. The molecule has 0 saturated heterocycles. The Morgan fingerprint density at radius 1 is 1.23 bits per heavy atom.